The Bertz CT molecular complexity index is 1250. The number of rotatable bonds is 12. The first kappa shape index (κ1) is 31.5. The van der Waals surface area contributed by atoms with Gasteiger partial charge in [-0.25, -0.2) is 0 Å². The number of amides is 2. The van der Waals surface area contributed by atoms with Crippen molar-refractivity contribution in [3.8, 4) is 0 Å². The summed E-state index contributed by atoms with van der Waals surface area (Å²) in [7, 11) is 0. The number of fused-ring (bicyclic) bond motifs is 10. The molecule has 8 rings (SSSR count). The van der Waals surface area contributed by atoms with Crippen molar-refractivity contribution in [3.63, 3.8) is 0 Å². The molecule has 2 saturated heterocycles. The van der Waals surface area contributed by atoms with E-state index in [-0.39, 0.29) is 37.1 Å². The normalized spacial score (nSPS) is 32.7. The zero-order valence-electron chi connectivity index (χ0n) is 28.1. The minimum Gasteiger partial charge on any atom is -0.362 e. The average Bonchev–Trinajstić information content (AvgIpc) is 3.86. The number of benzene rings is 2. The fourth-order valence-electron chi connectivity index (χ4n) is 10.6. The summed E-state index contributed by atoms with van der Waals surface area (Å²) in [5.41, 5.74) is 6.27. The summed E-state index contributed by atoms with van der Waals surface area (Å²) >= 11 is 0. The number of carbonyl (C=O) groups is 2. The molecule has 4 heterocycles. The number of hydrogen-bond acceptors (Lipinski definition) is 5. The van der Waals surface area contributed by atoms with Gasteiger partial charge in [-0.3, -0.25) is 19.4 Å². The molecule has 7 heteroatoms. The van der Waals surface area contributed by atoms with Gasteiger partial charge in [-0.2, -0.15) is 0 Å². The SMILES string of the molecule is O=C(COCC(=O)NC1CCC(CCN2[C@@H]3CC[C@H]2c2ccccc23)CC1)NC1CCC(CCN2C3CC[C@@H]2c2ccccc23)CC1. The second-order valence-electron chi connectivity index (χ2n) is 15.6. The largest absolute Gasteiger partial charge is 0.362 e. The number of ether oxygens (including phenoxy) is 1. The predicted octanol–water partition coefficient (Wildman–Crippen LogP) is 6.92. The Morgan fingerprint density at radius 3 is 1.21 bits per heavy atom. The first-order valence-corrected chi connectivity index (χ1v) is 19.0. The van der Waals surface area contributed by atoms with Gasteiger partial charge in [0.1, 0.15) is 13.2 Å². The van der Waals surface area contributed by atoms with Gasteiger partial charge in [0.25, 0.3) is 0 Å². The van der Waals surface area contributed by atoms with Crippen LogP contribution >= 0.6 is 0 Å². The molecular weight excluding hydrogens is 584 g/mol. The molecule has 6 aliphatic rings. The minimum absolute atomic E-state index is 0.0409. The Hall–Kier alpha value is -2.74. The summed E-state index contributed by atoms with van der Waals surface area (Å²) < 4.78 is 5.54. The highest BCUT2D eigenvalue weighted by Gasteiger charge is 2.44. The van der Waals surface area contributed by atoms with Gasteiger partial charge in [-0.15, -0.1) is 0 Å². The van der Waals surface area contributed by atoms with Crippen LogP contribution in [0, 0.1) is 11.8 Å². The van der Waals surface area contributed by atoms with Gasteiger partial charge in [0.05, 0.1) is 0 Å². The van der Waals surface area contributed by atoms with Crippen LogP contribution in [0.1, 0.15) is 136 Å². The molecule has 0 spiro atoms. The number of hydrogen-bond donors (Lipinski definition) is 2. The summed E-state index contributed by atoms with van der Waals surface area (Å²) in [5.74, 6) is 1.31. The van der Waals surface area contributed by atoms with Crippen LogP contribution in [0.2, 0.25) is 0 Å². The van der Waals surface area contributed by atoms with E-state index < -0.39 is 0 Å². The van der Waals surface area contributed by atoms with Crippen LogP contribution < -0.4 is 10.6 Å². The third-order valence-corrected chi connectivity index (χ3v) is 12.9. The van der Waals surface area contributed by atoms with Crippen molar-refractivity contribution in [2.45, 2.75) is 126 Å². The summed E-state index contributed by atoms with van der Waals surface area (Å²) in [6.45, 7) is 2.30. The van der Waals surface area contributed by atoms with E-state index >= 15 is 0 Å². The quantitative estimate of drug-likeness (QED) is 0.264. The third-order valence-electron chi connectivity index (χ3n) is 12.9. The van der Waals surface area contributed by atoms with E-state index in [0.717, 1.165) is 37.5 Å². The van der Waals surface area contributed by atoms with Gasteiger partial charge >= 0.3 is 0 Å². The Morgan fingerprint density at radius 1 is 0.532 bits per heavy atom. The molecule has 2 amide bonds. The molecule has 2 aliphatic carbocycles. The van der Waals surface area contributed by atoms with Crippen molar-refractivity contribution >= 4 is 11.8 Å². The third kappa shape index (κ3) is 6.65. The molecule has 4 bridgehead atoms. The van der Waals surface area contributed by atoms with Crippen LogP contribution in [-0.2, 0) is 14.3 Å². The monoisotopic (exact) mass is 638 g/mol. The van der Waals surface area contributed by atoms with Crippen LogP contribution in [0.3, 0.4) is 0 Å². The zero-order valence-corrected chi connectivity index (χ0v) is 28.1. The minimum atomic E-state index is -0.0947. The van der Waals surface area contributed by atoms with E-state index in [0.29, 0.717) is 24.2 Å². The smallest absolute Gasteiger partial charge is 0.246 e. The first-order chi connectivity index (χ1) is 23.1. The Morgan fingerprint density at radius 2 is 0.872 bits per heavy atom. The van der Waals surface area contributed by atoms with Gasteiger partial charge in [-0.05, 0) is 137 Å². The highest BCUT2D eigenvalue weighted by molar-refractivity contribution is 5.79. The Balaban J connectivity index is 0.669. The maximum absolute atomic E-state index is 12.6. The fraction of sp³-hybridized carbons (Fsp3) is 0.650. The lowest BCUT2D eigenvalue weighted by Crippen LogP contribution is -2.42. The molecule has 4 atom stereocenters. The Kier molecular flexibility index (Phi) is 9.40. The molecule has 1 unspecified atom stereocenters. The number of nitrogens with zero attached hydrogens (tertiary/aromatic N) is 2. The summed E-state index contributed by atoms with van der Waals surface area (Å²) in [6.07, 6.45) is 16.6. The van der Waals surface area contributed by atoms with Crippen molar-refractivity contribution in [1.82, 2.24) is 20.4 Å². The summed E-state index contributed by atoms with van der Waals surface area (Å²) in [4.78, 5) is 30.7. The zero-order chi connectivity index (χ0) is 31.7. The van der Waals surface area contributed by atoms with Crippen molar-refractivity contribution in [3.05, 3.63) is 70.8 Å². The molecule has 0 radical (unpaired) electrons. The number of carbonyl (C=O) groups excluding carboxylic acids is 2. The lowest BCUT2D eigenvalue weighted by Gasteiger charge is -2.31. The fourth-order valence-corrected chi connectivity index (χ4v) is 10.6. The van der Waals surface area contributed by atoms with Gasteiger partial charge in [0.15, 0.2) is 0 Å². The van der Waals surface area contributed by atoms with Gasteiger partial charge in [0.2, 0.25) is 11.8 Å². The van der Waals surface area contributed by atoms with E-state index in [1.807, 2.05) is 0 Å². The summed E-state index contributed by atoms with van der Waals surface area (Å²) in [5, 5.41) is 6.34. The molecule has 0 aromatic heterocycles. The standard InChI is InChI=1S/C40H54N4O3/c45-39(41-29-13-9-27(10-14-29)21-23-43-35-17-18-36(43)32-6-2-1-5-31(32)35)25-47-26-40(46)42-30-15-11-28(12-16-30)22-24-44-37-19-20-38(44)34-8-4-3-7-33(34)37/h1-8,27-30,35-38H,9-26H2,(H,41,45)(H,42,46)/t27?,28?,29?,30?,35-,36+,37-,38?/m1/s1. The number of nitrogens with one attached hydrogen (secondary N) is 2. The maximum atomic E-state index is 12.6. The van der Waals surface area contributed by atoms with Crippen LogP contribution in [0.4, 0.5) is 0 Å². The Labute approximate surface area is 281 Å². The van der Waals surface area contributed by atoms with Crippen LogP contribution in [0.5, 0.6) is 0 Å². The van der Waals surface area contributed by atoms with Crippen LogP contribution in [-0.4, -0.2) is 60.0 Å². The van der Waals surface area contributed by atoms with Crippen molar-refractivity contribution < 1.29 is 14.3 Å². The molecule has 2 N–H and O–H groups in total. The van der Waals surface area contributed by atoms with E-state index in [9.17, 15) is 9.59 Å². The average molecular weight is 639 g/mol. The molecule has 47 heavy (non-hydrogen) atoms. The van der Waals surface area contributed by atoms with Gasteiger partial charge < -0.3 is 15.4 Å². The second kappa shape index (κ2) is 14.0. The van der Waals surface area contributed by atoms with E-state index in [4.69, 9.17) is 4.74 Å². The molecule has 2 aromatic carbocycles. The van der Waals surface area contributed by atoms with Gasteiger partial charge in [0, 0.05) is 36.3 Å². The highest BCUT2D eigenvalue weighted by Crippen LogP contribution is 2.54. The first-order valence-electron chi connectivity index (χ1n) is 19.0. The van der Waals surface area contributed by atoms with Crippen LogP contribution in [0.25, 0.3) is 0 Å². The lowest BCUT2D eigenvalue weighted by atomic mass is 9.84. The predicted molar refractivity (Wildman–Crippen MR) is 184 cm³/mol. The van der Waals surface area contributed by atoms with Gasteiger partial charge in [-0.1, -0.05) is 48.5 Å². The van der Waals surface area contributed by atoms with E-state index in [1.165, 1.54) is 77.3 Å². The highest BCUT2D eigenvalue weighted by atomic mass is 16.5. The topological polar surface area (TPSA) is 73.9 Å². The molecule has 2 saturated carbocycles. The van der Waals surface area contributed by atoms with Crippen molar-refractivity contribution in [2.24, 2.45) is 11.8 Å². The van der Waals surface area contributed by atoms with Crippen LogP contribution in [0.15, 0.2) is 48.5 Å². The molecule has 4 fully saturated rings. The molecule has 2 aromatic rings. The van der Waals surface area contributed by atoms with E-state index in [2.05, 4.69) is 69.0 Å². The van der Waals surface area contributed by atoms with Crippen molar-refractivity contribution in [2.75, 3.05) is 26.3 Å². The second-order valence-corrected chi connectivity index (χ2v) is 15.6. The summed E-state index contributed by atoms with van der Waals surface area (Å²) in [6, 6.07) is 21.1. The maximum Gasteiger partial charge on any atom is 0.246 e. The molecular formula is C40H54N4O3. The lowest BCUT2D eigenvalue weighted by molar-refractivity contribution is -0.132. The van der Waals surface area contributed by atoms with E-state index in [1.54, 1.807) is 22.3 Å². The molecule has 4 aliphatic heterocycles. The van der Waals surface area contributed by atoms with Crippen molar-refractivity contribution in [1.29, 1.82) is 0 Å². The molecule has 7 nitrogen and oxygen atoms in total. The molecule has 252 valence electrons.